The van der Waals surface area contributed by atoms with E-state index >= 15 is 0 Å². The molecule has 0 amide bonds. The van der Waals surface area contributed by atoms with Crippen molar-refractivity contribution in [2.45, 2.75) is 31.9 Å². The summed E-state index contributed by atoms with van der Waals surface area (Å²) in [5, 5.41) is 13.0. The van der Waals surface area contributed by atoms with Gasteiger partial charge in [-0.2, -0.15) is 0 Å². The van der Waals surface area contributed by atoms with Crippen molar-refractivity contribution in [3.63, 3.8) is 0 Å². The third-order valence-corrected chi connectivity index (χ3v) is 3.28. The van der Waals surface area contributed by atoms with Crippen LogP contribution < -0.4 is 5.32 Å². The first-order valence-electron chi connectivity index (χ1n) is 5.49. The van der Waals surface area contributed by atoms with Gasteiger partial charge in [-0.1, -0.05) is 0 Å². The van der Waals surface area contributed by atoms with Gasteiger partial charge in [0.25, 0.3) is 0 Å². The van der Waals surface area contributed by atoms with Crippen LogP contribution in [-0.4, -0.2) is 42.4 Å². The van der Waals surface area contributed by atoms with Gasteiger partial charge < -0.3 is 10.4 Å². The summed E-state index contributed by atoms with van der Waals surface area (Å²) in [6.07, 6.45) is 4.57. The van der Waals surface area contributed by atoms with E-state index in [0.717, 1.165) is 38.5 Å². The van der Waals surface area contributed by atoms with Crippen LogP contribution in [0.5, 0.6) is 0 Å². The number of hydrogen-bond donors (Lipinski definition) is 2. The molecule has 2 aliphatic heterocycles. The number of nitrogens with one attached hydrogen (secondary N) is 1. The number of likely N-dealkylation sites (tertiary alicyclic amines) is 1. The van der Waals surface area contributed by atoms with Crippen LogP contribution in [0.4, 0.5) is 0 Å². The van der Waals surface area contributed by atoms with Gasteiger partial charge in [-0.3, -0.25) is 4.90 Å². The van der Waals surface area contributed by atoms with E-state index in [1.165, 1.54) is 19.3 Å². The molecular weight excluding hydrogens is 164 g/mol. The van der Waals surface area contributed by atoms with Crippen molar-refractivity contribution in [2.24, 2.45) is 5.92 Å². The Balaban J connectivity index is 1.75. The molecule has 2 fully saturated rings. The van der Waals surface area contributed by atoms with Crippen LogP contribution in [-0.2, 0) is 0 Å². The number of hydrogen-bond acceptors (Lipinski definition) is 3. The normalized spacial score (nSPS) is 32.5. The van der Waals surface area contributed by atoms with Crippen molar-refractivity contribution in [2.75, 3.05) is 26.2 Å². The first-order chi connectivity index (χ1) is 6.36. The summed E-state index contributed by atoms with van der Waals surface area (Å²) in [5.41, 5.74) is 0. The summed E-state index contributed by atoms with van der Waals surface area (Å²) in [4.78, 5) is 2.25. The third kappa shape index (κ3) is 2.42. The molecule has 0 saturated carbocycles. The Morgan fingerprint density at radius 2 is 2.00 bits per heavy atom. The Morgan fingerprint density at radius 1 is 1.23 bits per heavy atom. The van der Waals surface area contributed by atoms with Crippen LogP contribution >= 0.6 is 0 Å². The minimum atomic E-state index is -0.144. The van der Waals surface area contributed by atoms with E-state index in [-0.39, 0.29) is 6.23 Å². The van der Waals surface area contributed by atoms with Crippen molar-refractivity contribution in [1.82, 2.24) is 10.2 Å². The monoisotopic (exact) mass is 184 g/mol. The van der Waals surface area contributed by atoms with Crippen LogP contribution in [0.25, 0.3) is 0 Å². The maximum absolute atomic E-state index is 9.63. The zero-order chi connectivity index (χ0) is 9.10. The molecule has 76 valence electrons. The highest BCUT2D eigenvalue weighted by atomic mass is 16.3. The van der Waals surface area contributed by atoms with Crippen LogP contribution in [0.3, 0.4) is 0 Å². The van der Waals surface area contributed by atoms with E-state index in [1.807, 2.05) is 0 Å². The highest BCUT2D eigenvalue weighted by Gasteiger charge is 2.25. The summed E-state index contributed by atoms with van der Waals surface area (Å²) in [5.74, 6) is 0.814. The Kier molecular flexibility index (Phi) is 3.19. The predicted molar refractivity (Wildman–Crippen MR) is 52.4 cm³/mol. The fourth-order valence-electron chi connectivity index (χ4n) is 2.42. The summed E-state index contributed by atoms with van der Waals surface area (Å²) in [7, 11) is 0. The zero-order valence-electron chi connectivity index (χ0n) is 8.21. The molecule has 3 heteroatoms. The van der Waals surface area contributed by atoms with E-state index in [2.05, 4.69) is 10.2 Å². The maximum atomic E-state index is 9.63. The Hall–Kier alpha value is -0.120. The lowest BCUT2D eigenvalue weighted by atomic mass is 9.98. The van der Waals surface area contributed by atoms with Gasteiger partial charge in [-0.15, -0.1) is 0 Å². The topological polar surface area (TPSA) is 35.5 Å². The van der Waals surface area contributed by atoms with Crippen molar-refractivity contribution in [3.8, 4) is 0 Å². The third-order valence-electron chi connectivity index (χ3n) is 3.28. The Morgan fingerprint density at radius 3 is 2.62 bits per heavy atom. The molecule has 2 N–H and O–H groups in total. The van der Waals surface area contributed by atoms with Crippen LogP contribution in [0.1, 0.15) is 25.7 Å². The molecule has 2 heterocycles. The van der Waals surface area contributed by atoms with E-state index in [0.29, 0.717) is 0 Å². The van der Waals surface area contributed by atoms with Crippen molar-refractivity contribution in [1.29, 1.82) is 0 Å². The van der Waals surface area contributed by atoms with Gasteiger partial charge in [0, 0.05) is 13.1 Å². The molecule has 0 aromatic heterocycles. The molecule has 0 aromatic rings. The molecule has 0 aromatic carbocycles. The average Bonchev–Trinajstić information content (AvgIpc) is 2.54. The number of rotatable bonds is 2. The fourth-order valence-corrected chi connectivity index (χ4v) is 2.42. The van der Waals surface area contributed by atoms with Crippen LogP contribution in [0.15, 0.2) is 0 Å². The number of nitrogens with zero attached hydrogens (tertiary/aromatic N) is 1. The van der Waals surface area contributed by atoms with E-state index in [4.69, 9.17) is 0 Å². The van der Waals surface area contributed by atoms with Crippen molar-refractivity contribution >= 4 is 0 Å². The maximum Gasteiger partial charge on any atom is 0.107 e. The summed E-state index contributed by atoms with van der Waals surface area (Å²) in [6.45, 7) is 4.54. The largest absolute Gasteiger partial charge is 0.378 e. The summed E-state index contributed by atoms with van der Waals surface area (Å²) >= 11 is 0. The molecule has 2 aliphatic rings. The Bertz CT molecular complexity index is 157. The average molecular weight is 184 g/mol. The molecule has 0 aliphatic carbocycles. The van der Waals surface area contributed by atoms with Gasteiger partial charge in [0.05, 0.1) is 0 Å². The van der Waals surface area contributed by atoms with Gasteiger partial charge in [0.2, 0.25) is 0 Å². The second kappa shape index (κ2) is 4.40. The number of piperidine rings is 1. The summed E-state index contributed by atoms with van der Waals surface area (Å²) < 4.78 is 0. The van der Waals surface area contributed by atoms with Gasteiger partial charge in [0.1, 0.15) is 6.23 Å². The fraction of sp³-hybridized carbons (Fsp3) is 1.00. The lowest BCUT2D eigenvalue weighted by Crippen LogP contribution is -2.38. The molecule has 1 unspecified atom stereocenters. The van der Waals surface area contributed by atoms with Crippen LogP contribution in [0, 0.1) is 5.92 Å². The molecule has 1 atom stereocenters. The van der Waals surface area contributed by atoms with E-state index < -0.39 is 0 Å². The van der Waals surface area contributed by atoms with E-state index in [1.54, 1.807) is 0 Å². The standard InChI is InChI=1S/C10H20N2O/c13-10-2-1-7-12(10)8-9-3-5-11-6-4-9/h9-11,13H,1-8H2. The second-order valence-electron chi connectivity index (χ2n) is 4.31. The minimum Gasteiger partial charge on any atom is -0.378 e. The Labute approximate surface area is 80.1 Å². The van der Waals surface area contributed by atoms with Gasteiger partial charge in [-0.25, -0.2) is 0 Å². The quantitative estimate of drug-likeness (QED) is 0.652. The lowest BCUT2D eigenvalue weighted by Gasteiger charge is -2.28. The van der Waals surface area contributed by atoms with Gasteiger partial charge in [0.15, 0.2) is 0 Å². The molecule has 0 spiro atoms. The van der Waals surface area contributed by atoms with Crippen LogP contribution in [0.2, 0.25) is 0 Å². The predicted octanol–water partition coefficient (Wildman–Crippen LogP) is 0.400. The molecule has 2 saturated heterocycles. The first-order valence-corrected chi connectivity index (χ1v) is 5.49. The molecule has 2 rings (SSSR count). The highest BCUT2D eigenvalue weighted by Crippen LogP contribution is 2.20. The van der Waals surface area contributed by atoms with E-state index in [9.17, 15) is 5.11 Å². The molecule has 13 heavy (non-hydrogen) atoms. The van der Waals surface area contributed by atoms with Gasteiger partial charge >= 0.3 is 0 Å². The molecule has 0 bridgehead atoms. The lowest BCUT2D eigenvalue weighted by molar-refractivity contribution is 0.0246. The molecule has 0 radical (unpaired) electrons. The first kappa shape index (κ1) is 9.44. The minimum absolute atomic E-state index is 0.144. The second-order valence-corrected chi connectivity index (χ2v) is 4.31. The van der Waals surface area contributed by atoms with Crippen molar-refractivity contribution in [3.05, 3.63) is 0 Å². The smallest absolute Gasteiger partial charge is 0.107 e. The highest BCUT2D eigenvalue weighted by molar-refractivity contribution is 4.77. The summed E-state index contributed by atoms with van der Waals surface area (Å²) in [6, 6.07) is 0. The molecule has 3 nitrogen and oxygen atoms in total. The van der Waals surface area contributed by atoms with Gasteiger partial charge in [-0.05, 0) is 44.7 Å². The molecular formula is C10H20N2O. The number of aliphatic hydroxyl groups is 1. The SMILES string of the molecule is OC1CCCN1CC1CCNCC1. The van der Waals surface area contributed by atoms with Crippen molar-refractivity contribution < 1.29 is 5.11 Å². The zero-order valence-corrected chi connectivity index (χ0v) is 8.21. The number of aliphatic hydroxyl groups excluding tert-OH is 1.